The minimum atomic E-state index is -0.732. The summed E-state index contributed by atoms with van der Waals surface area (Å²) in [7, 11) is 1.48. The van der Waals surface area contributed by atoms with Gasteiger partial charge in [-0.05, 0) is 42.8 Å². The number of benzene rings is 2. The van der Waals surface area contributed by atoms with Crippen molar-refractivity contribution in [1.82, 2.24) is 10.6 Å². The Kier molecular flexibility index (Phi) is 5.32. The predicted octanol–water partition coefficient (Wildman–Crippen LogP) is 3.75. The first-order valence-corrected chi connectivity index (χ1v) is 8.45. The minimum absolute atomic E-state index is 0.295. The van der Waals surface area contributed by atoms with E-state index in [1.807, 2.05) is 0 Å². The zero-order valence-corrected chi connectivity index (χ0v) is 15.4. The van der Waals surface area contributed by atoms with Crippen LogP contribution >= 0.6 is 11.6 Å². The average Bonchev–Trinajstić information content (AvgIpc) is 2.61. The fourth-order valence-electron chi connectivity index (χ4n) is 2.87. The molecule has 0 aromatic heterocycles. The van der Waals surface area contributed by atoms with Gasteiger partial charge in [-0.3, -0.25) is 4.79 Å². The van der Waals surface area contributed by atoms with E-state index in [1.54, 1.807) is 25.1 Å². The van der Waals surface area contributed by atoms with Gasteiger partial charge in [-0.1, -0.05) is 23.7 Å². The lowest BCUT2D eigenvalue weighted by Gasteiger charge is -2.28. The highest BCUT2D eigenvalue weighted by Gasteiger charge is 2.31. The minimum Gasteiger partial charge on any atom is -0.495 e. The molecule has 27 heavy (non-hydrogen) atoms. The first-order valence-electron chi connectivity index (χ1n) is 8.07. The van der Waals surface area contributed by atoms with Gasteiger partial charge in [0.1, 0.15) is 11.6 Å². The number of allylic oxidation sites excluding steroid dienone is 1. The first kappa shape index (κ1) is 18.7. The van der Waals surface area contributed by atoms with E-state index in [0.717, 1.165) is 0 Å². The Bertz CT molecular complexity index is 928. The number of hydrogen-bond acceptors (Lipinski definition) is 3. The van der Waals surface area contributed by atoms with Crippen LogP contribution in [-0.2, 0) is 4.79 Å². The average molecular weight is 390 g/mol. The number of halogens is 2. The summed E-state index contributed by atoms with van der Waals surface area (Å²) in [6.45, 7) is 1.62. The van der Waals surface area contributed by atoms with Crippen molar-refractivity contribution in [2.75, 3.05) is 12.4 Å². The summed E-state index contributed by atoms with van der Waals surface area (Å²) in [5, 5.41) is 8.46. The lowest BCUT2D eigenvalue weighted by molar-refractivity contribution is -0.113. The van der Waals surface area contributed by atoms with E-state index < -0.39 is 23.8 Å². The van der Waals surface area contributed by atoms with Crippen LogP contribution < -0.4 is 20.7 Å². The second kappa shape index (κ2) is 7.67. The largest absolute Gasteiger partial charge is 0.495 e. The molecule has 1 atom stereocenters. The molecule has 0 saturated heterocycles. The number of nitrogens with one attached hydrogen (secondary N) is 3. The summed E-state index contributed by atoms with van der Waals surface area (Å²) in [6, 6.07) is 9.25. The van der Waals surface area contributed by atoms with E-state index in [-0.39, 0.29) is 0 Å². The summed E-state index contributed by atoms with van der Waals surface area (Å²) >= 11 is 6.01. The van der Waals surface area contributed by atoms with Crippen molar-refractivity contribution in [3.8, 4) is 5.75 Å². The van der Waals surface area contributed by atoms with E-state index in [9.17, 15) is 14.0 Å². The van der Waals surface area contributed by atoms with E-state index in [1.165, 1.54) is 31.4 Å². The van der Waals surface area contributed by atoms with E-state index in [2.05, 4.69) is 16.0 Å². The molecule has 8 heteroatoms. The molecule has 0 spiro atoms. The molecule has 1 heterocycles. The van der Waals surface area contributed by atoms with Crippen LogP contribution in [0.25, 0.3) is 0 Å². The number of amides is 3. The van der Waals surface area contributed by atoms with Gasteiger partial charge in [0.15, 0.2) is 0 Å². The van der Waals surface area contributed by atoms with Crippen molar-refractivity contribution in [2.24, 2.45) is 0 Å². The Labute approximate surface area is 160 Å². The molecular weight excluding hydrogens is 373 g/mol. The highest BCUT2D eigenvalue weighted by atomic mass is 35.5. The van der Waals surface area contributed by atoms with Gasteiger partial charge in [-0.25, -0.2) is 9.18 Å². The van der Waals surface area contributed by atoms with Gasteiger partial charge < -0.3 is 20.7 Å². The lowest BCUT2D eigenvalue weighted by Crippen LogP contribution is -2.46. The number of urea groups is 1. The van der Waals surface area contributed by atoms with Crippen molar-refractivity contribution < 1.29 is 18.7 Å². The number of anilines is 1. The van der Waals surface area contributed by atoms with Gasteiger partial charge in [0.25, 0.3) is 5.91 Å². The van der Waals surface area contributed by atoms with Gasteiger partial charge in [0.05, 0.1) is 24.4 Å². The molecule has 3 amide bonds. The van der Waals surface area contributed by atoms with Crippen LogP contribution in [0.1, 0.15) is 18.5 Å². The van der Waals surface area contributed by atoms with Crippen molar-refractivity contribution >= 4 is 29.2 Å². The highest BCUT2D eigenvalue weighted by molar-refractivity contribution is 6.31. The molecule has 6 nitrogen and oxygen atoms in total. The third-order valence-electron chi connectivity index (χ3n) is 4.13. The Balaban J connectivity index is 1.97. The molecule has 0 bridgehead atoms. The normalized spacial score (nSPS) is 16.4. The molecule has 2 aromatic carbocycles. The van der Waals surface area contributed by atoms with Gasteiger partial charge in [-0.15, -0.1) is 0 Å². The Morgan fingerprint density at radius 1 is 1.22 bits per heavy atom. The van der Waals surface area contributed by atoms with Crippen LogP contribution in [-0.4, -0.2) is 19.0 Å². The number of carbonyl (C=O) groups is 2. The molecule has 0 unspecified atom stereocenters. The number of hydrogen-bond donors (Lipinski definition) is 3. The molecule has 3 N–H and O–H groups in total. The van der Waals surface area contributed by atoms with Gasteiger partial charge in [0.2, 0.25) is 0 Å². The number of rotatable bonds is 4. The molecule has 0 aliphatic carbocycles. The van der Waals surface area contributed by atoms with Gasteiger partial charge >= 0.3 is 6.03 Å². The maximum absolute atomic E-state index is 13.3. The second-order valence-electron chi connectivity index (χ2n) is 5.92. The highest BCUT2D eigenvalue weighted by Crippen LogP contribution is 2.31. The van der Waals surface area contributed by atoms with Gasteiger partial charge in [0, 0.05) is 10.7 Å². The fourth-order valence-corrected chi connectivity index (χ4v) is 3.04. The van der Waals surface area contributed by atoms with Crippen LogP contribution in [0, 0.1) is 5.82 Å². The maximum Gasteiger partial charge on any atom is 0.319 e. The third-order valence-corrected chi connectivity index (χ3v) is 4.36. The first-order chi connectivity index (χ1) is 12.9. The van der Waals surface area contributed by atoms with Crippen molar-refractivity contribution in [3.05, 3.63) is 70.1 Å². The Morgan fingerprint density at radius 3 is 2.59 bits per heavy atom. The quantitative estimate of drug-likeness (QED) is 0.745. The molecule has 3 rings (SSSR count). The molecule has 0 saturated carbocycles. The summed E-state index contributed by atoms with van der Waals surface area (Å²) in [5.41, 5.74) is 1.66. The van der Waals surface area contributed by atoms with Crippen LogP contribution in [0.2, 0.25) is 5.02 Å². The fraction of sp³-hybridized carbons (Fsp3) is 0.158. The number of methoxy groups -OCH3 is 1. The molecule has 0 fully saturated rings. The summed E-state index contributed by atoms with van der Waals surface area (Å²) in [6.07, 6.45) is 0. The monoisotopic (exact) mass is 389 g/mol. The van der Waals surface area contributed by atoms with Crippen molar-refractivity contribution in [1.29, 1.82) is 0 Å². The standard InChI is InChI=1S/C19H17ClFN3O3/c1-10-16(18(25)23-14-9-12(20)5-8-15(14)27-2)17(24-19(26)22-10)11-3-6-13(21)7-4-11/h3-9,17H,1-2H3,(H,23,25)(H2,22,24,26)/t17-/m0/s1. The predicted molar refractivity (Wildman–Crippen MR) is 100 cm³/mol. The summed E-state index contributed by atoms with van der Waals surface area (Å²) < 4.78 is 18.5. The number of ether oxygens (including phenoxy) is 1. The maximum atomic E-state index is 13.3. The van der Waals surface area contributed by atoms with Crippen LogP contribution in [0.5, 0.6) is 5.75 Å². The van der Waals surface area contributed by atoms with Gasteiger partial charge in [-0.2, -0.15) is 0 Å². The Hall–Kier alpha value is -3.06. The SMILES string of the molecule is COc1ccc(Cl)cc1NC(=O)C1=C(C)NC(=O)N[C@H]1c1ccc(F)cc1. The lowest BCUT2D eigenvalue weighted by atomic mass is 9.95. The zero-order valence-electron chi connectivity index (χ0n) is 14.6. The van der Waals surface area contributed by atoms with E-state index >= 15 is 0 Å². The topological polar surface area (TPSA) is 79.5 Å². The third kappa shape index (κ3) is 4.03. The molecule has 140 valence electrons. The molecular formula is C19H17ClFN3O3. The zero-order chi connectivity index (χ0) is 19.6. The molecule has 0 radical (unpaired) electrons. The van der Waals surface area contributed by atoms with Crippen LogP contribution in [0.15, 0.2) is 53.7 Å². The van der Waals surface area contributed by atoms with E-state index in [0.29, 0.717) is 33.3 Å². The number of carbonyl (C=O) groups excluding carboxylic acids is 2. The van der Waals surface area contributed by atoms with Crippen molar-refractivity contribution in [2.45, 2.75) is 13.0 Å². The smallest absolute Gasteiger partial charge is 0.319 e. The second-order valence-corrected chi connectivity index (χ2v) is 6.36. The molecule has 1 aliphatic heterocycles. The van der Waals surface area contributed by atoms with Crippen molar-refractivity contribution in [3.63, 3.8) is 0 Å². The summed E-state index contributed by atoms with van der Waals surface area (Å²) in [4.78, 5) is 24.9. The van der Waals surface area contributed by atoms with E-state index in [4.69, 9.17) is 16.3 Å². The summed E-state index contributed by atoms with van der Waals surface area (Å²) in [5.74, 6) is -0.415. The van der Waals surface area contributed by atoms with Crippen LogP contribution in [0.3, 0.4) is 0 Å². The molecule has 2 aromatic rings. The van der Waals surface area contributed by atoms with Crippen LogP contribution in [0.4, 0.5) is 14.9 Å². The molecule has 1 aliphatic rings. The Morgan fingerprint density at radius 2 is 1.93 bits per heavy atom.